The van der Waals surface area contributed by atoms with Crippen molar-refractivity contribution in [3.63, 3.8) is 0 Å². The molecule has 1 atom stereocenters. The van der Waals surface area contributed by atoms with Crippen LogP contribution >= 0.6 is 0 Å². The van der Waals surface area contributed by atoms with Gasteiger partial charge in [0.15, 0.2) is 0 Å². The van der Waals surface area contributed by atoms with Crippen molar-refractivity contribution in [2.45, 2.75) is 255 Å². The maximum absolute atomic E-state index is 4.00. The molecule has 0 radical (unpaired) electrons. The fourth-order valence-electron chi connectivity index (χ4n) is 4.99. The molecule has 0 aliphatic heterocycles. The van der Waals surface area contributed by atoms with E-state index in [0.29, 0.717) is 5.41 Å². The minimum atomic E-state index is 0.495. The molecule has 0 saturated carbocycles. The topological polar surface area (TPSA) is 0 Å². The quantitative estimate of drug-likeness (QED) is 0.0868. The molecule has 0 spiro atoms. The molecule has 0 aromatic heterocycles. The van der Waals surface area contributed by atoms with E-state index in [-0.39, 0.29) is 0 Å². The second-order valence-corrected chi connectivity index (χ2v) is 14.6. The molecule has 0 aromatic carbocycles. The number of allylic oxidation sites excluding steroid dienone is 8. The smallest absolute Gasteiger partial charge is 0.0121 e. The van der Waals surface area contributed by atoms with E-state index in [1.54, 1.807) is 5.57 Å². The van der Waals surface area contributed by atoms with Gasteiger partial charge in [0.2, 0.25) is 0 Å². The van der Waals surface area contributed by atoms with Crippen molar-refractivity contribution >= 4 is 0 Å². The number of hydrogen-bond acceptors (Lipinski definition) is 0. The van der Waals surface area contributed by atoms with E-state index in [1.807, 2.05) is 34.6 Å². The Morgan fingerprint density at radius 1 is 0.608 bits per heavy atom. The largest absolute Gasteiger partial charge is 0.0995 e. The van der Waals surface area contributed by atoms with Crippen LogP contribution in [-0.4, -0.2) is 0 Å². The van der Waals surface area contributed by atoms with Gasteiger partial charge >= 0.3 is 0 Å². The monoisotopic (exact) mass is 719 g/mol. The Bertz CT molecular complexity index is 737. The first-order valence-corrected chi connectivity index (χ1v) is 22.4. The first-order valence-electron chi connectivity index (χ1n) is 22.4. The maximum atomic E-state index is 4.00. The van der Waals surface area contributed by atoms with Crippen LogP contribution < -0.4 is 0 Å². The lowest BCUT2D eigenvalue weighted by molar-refractivity contribution is 0.312. The third-order valence-corrected chi connectivity index (χ3v) is 8.81. The first-order chi connectivity index (χ1) is 24.1. The average Bonchev–Trinajstić information content (AvgIpc) is 3.13. The van der Waals surface area contributed by atoms with Gasteiger partial charge < -0.3 is 0 Å². The highest BCUT2D eigenvalue weighted by atomic mass is 14.3. The molecular weight excluding hydrogens is 613 g/mol. The lowest BCUT2D eigenvalue weighted by atomic mass is 9.77. The summed E-state index contributed by atoms with van der Waals surface area (Å²) in [6, 6.07) is 0. The Morgan fingerprint density at radius 3 is 1.35 bits per heavy atom. The Morgan fingerprint density at radius 2 is 1.08 bits per heavy atom. The van der Waals surface area contributed by atoms with Gasteiger partial charge in [-0.15, -0.1) is 0 Å². The number of unbranched alkanes of at least 4 members (excludes halogenated alkanes) is 3. The molecule has 0 bridgehead atoms. The average molecular weight is 719 g/mol. The summed E-state index contributed by atoms with van der Waals surface area (Å²) in [6.07, 6.45) is 29.0. The van der Waals surface area contributed by atoms with Crippen molar-refractivity contribution < 1.29 is 0 Å². The van der Waals surface area contributed by atoms with Crippen LogP contribution in [0.25, 0.3) is 0 Å². The second-order valence-electron chi connectivity index (χ2n) is 14.6. The lowest BCUT2D eigenvalue weighted by Gasteiger charge is -2.28. The standard InChI is InChI=1S/C13H26.C12H20.C11H22.C7H16.C4H10.2C2H6/c1-6-9-10-13(7-2,8-3)11-12(4)5;1-6-7-11(4)8-9-12(5)10(2)3;1-5-8-10(4)9-11(6-2)7-3;1-4-5-6-7(2)3;1-3-4-2;2*1-2/h11H,6-10H2,1-5H3;9H,2,4,6-8H2,1,3,5H3;9-10H,5-8H2,1-4H3;7H,4-6H2,1-3H3;3-4H2,1-2H3;2*1-2H3/b;12-9+;;;;;. The molecule has 0 fully saturated rings. The van der Waals surface area contributed by atoms with Gasteiger partial charge in [0.05, 0.1) is 0 Å². The van der Waals surface area contributed by atoms with Crippen molar-refractivity contribution in [3.8, 4) is 0 Å². The molecule has 0 aliphatic rings. The molecular formula is C51H106. The SMILES string of the molecule is C=C(C/C=C(\C)C(=C)C)CCC.CC.CC.CCCC.CCCC(C)C=C(CC)CC.CCCCC(C)C.CCCCC(C=C(C)C)(CC)CC. The molecule has 1 unspecified atom stereocenters. The van der Waals surface area contributed by atoms with Crippen LogP contribution in [0.15, 0.2) is 59.3 Å². The van der Waals surface area contributed by atoms with Crippen LogP contribution in [0, 0.1) is 17.3 Å². The highest BCUT2D eigenvalue weighted by Gasteiger charge is 2.21. The maximum Gasteiger partial charge on any atom is -0.0121 e. The van der Waals surface area contributed by atoms with Crippen LogP contribution in [-0.2, 0) is 0 Å². The molecule has 0 nitrogen and oxygen atoms in total. The summed E-state index contributed by atoms with van der Waals surface area (Å²) < 4.78 is 0. The van der Waals surface area contributed by atoms with E-state index < -0.39 is 0 Å². The van der Waals surface area contributed by atoms with E-state index >= 15 is 0 Å². The van der Waals surface area contributed by atoms with Crippen molar-refractivity contribution in [2.24, 2.45) is 17.3 Å². The zero-order valence-electron chi connectivity index (χ0n) is 40.3. The molecule has 310 valence electrons. The van der Waals surface area contributed by atoms with E-state index in [4.69, 9.17) is 0 Å². The minimum Gasteiger partial charge on any atom is -0.0995 e. The van der Waals surface area contributed by atoms with Gasteiger partial charge in [0, 0.05) is 0 Å². The predicted molar refractivity (Wildman–Crippen MR) is 250 cm³/mol. The number of hydrogen-bond donors (Lipinski definition) is 0. The summed E-state index contributed by atoms with van der Waals surface area (Å²) in [5.41, 5.74) is 7.34. The summed E-state index contributed by atoms with van der Waals surface area (Å²) in [5.74, 6) is 1.69. The van der Waals surface area contributed by atoms with Crippen molar-refractivity contribution in [2.75, 3.05) is 0 Å². The van der Waals surface area contributed by atoms with E-state index in [1.165, 1.54) is 113 Å². The van der Waals surface area contributed by atoms with E-state index in [2.05, 4.69) is 142 Å². The summed E-state index contributed by atoms with van der Waals surface area (Å²) in [5, 5.41) is 0. The Hall–Kier alpha value is -1.30. The fraction of sp³-hybridized carbons (Fsp3) is 0.804. The Labute approximate surface area is 330 Å². The van der Waals surface area contributed by atoms with Gasteiger partial charge in [-0.05, 0) is 96.3 Å². The van der Waals surface area contributed by atoms with Crippen molar-refractivity contribution in [1.82, 2.24) is 0 Å². The van der Waals surface area contributed by atoms with Crippen molar-refractivity contribution in [1.29, 1.82) is 0 Å². The van der Waals surface area contributed by atoms with E-state index in [0.717, 1.165) is 30.3 Å². The van der Waals surface area contributed by atoms with Gasteiger partial charge in [-0.3, -0.25) is 0 Å². The summed E-state index contributed by atoms with van der Waals surface area (Å²) in [6.45, 7) is 53.7. The zero-order chi connectivity index (χ0) is 41.7. The predicted octanol–water partition coefficient (Wildman–Crippen LogP) is 20.1. The van der Waals surface area contributed by atoms with Gasteiger partial charge in [-0.1, -0.05) is 235 Å². The molecule has 0 N–H and O–H groups in total. The van der Waals surface area contributed by atoms with E-state index in [9.17, 15) is 0 Å². The molecule has 0 heteroatoms. The van der Waals surface area contributed by atoms with Crippen LogP contribution in [0.3, 0.4) is 0 Å². The first kappa shape index (κ1) is 64.6. The second kappa shape index (κ2) is 53.1. The minimum absolute atomic E-state index is 0.495. The highest BCUT2D eigenvalue weighted by molar-refractivity contribution is 5.25. The normalized spacial score (nSPS) is 10.6. The lowest BCUT2D eigenvalue weighted by Crippen LogP contribution is -2.16. The summed E-state index contributed by atoms with van der Waals surface area (Å²) >= 11 is 0. The molecule has 0 amide bonds. The Balaban J connectivity index is -0.0000000958. The summed E-state index contributed by atoms with van der Waals surface area (Å²) in [7, 11) is 0. The van der Waals surface area contributed by atoms with Gasteiger partial charge in [-0.2, -0.15) is 0 Å². The molecule has 0 heterocycles. The van der Waals surface area contributed by atoms with Crippen LogP contribution in [0.4, 0.5) is 0 Å². The van der Waals surface area contributed by atoms with Crippen LogP contribution in [0.2, 0.25) is 0 Å². The number of rotatable bonds is 20. The van der Waals surface area contributed by atoms with Crippen LogP contribution in [0.5, 0.6) is 0 Å². The van der Waals surface area contributed by atoms with Gasteiger partial charge in [0.1, 0.15) is 0 Å². The third-order valence-electron chi connectivity index (χ3n) is 8.81. The molecule has 0 aliphatic carbocycles. The van der Waals surface area contributed by atoms with Gasteiger partial charge in [0.25, 0.3) is 0 Å². The third kappa shape index (κ3) is 58.3. The molecule has 0 rings (SSSR count). The summed E-state index contributed by atoms with van der Waals surface area (Å²) in [4.78, 5) is 0. The molecule has 0 aromatic rings. The molecule has 0 saturated heterocycles. The van der Waals surface area contributed by atoms with Gasteiger partial charge in [-0.25, -0.2) is 0 Å². The van der Waals surface area contributed by atoms with Crippen LogP contribution in [0.1, 0.15) is 255 Å². The zero-order valence-corrected chi connectivity index (χ0v) is 40.3. The highest BCUT2D eigenvalue weighted by Crippen LogP contribution is 2.35. The Kier molecular flexibility index (Phi) is 67.3. The van der Waals surface area contributed by atoms with Crippen molar-refractivity contribution in [3.05, 3.63) is 59.3 Å². The fourth-order valence-corrected chi connectivity index (χ4v) is 4.99. The molecule has 51 heavy (non-hydrogen) atoms.